The van der Waals surface area contributed by atoms with Crippen molar-refractivity contribution in [2.45, 2.75) is 58.7 Å². The summed E-state index contributed by atoms with van der Waals surface area (Å²) in [5, 5.41) is 0. The molecule has 0 heterocycles. The summed E-state index contributed by atoms with van der Waals surface area (Å²) in [5.74, 6) is 1.32. The lowest BCUT2D eigenvalue weighted by atomic mass is 10.2. The zero-order valence-corrected chi connectivity index (χ0v) is 12.7. The molecule has 0 saturated carbocycles. The van der Waals surface area contributed by atoms with E-state index in [9.17, 15) is 0 Å². The van der Waals surface area contributed by atoms with E-state index in [2.05, 4.69) is 49.0 Å². The fourth-order valence-electron chi connectivity index (χ4n) is 1.19. The third-order valence-corrected chi connectivity index (χ3v) is 6.60. The molecule has 0 unspecified atom stereocenters. The first-order chi connectivity index (χ1) is 7.06. The lowest BCUT2D eigenvalue weighted by molar-refractivity contribution is 0.728. The second kappa shape index (κ2) is 9.46. The Bertz CT molecular complexity index is 163. The van der Waals surface area contributed by atoms with Gasteiger partial charge < -0.3 is 0 Å². The van der Waals surface area contributed by atoms with Gasteiger partial charge in [-0.3, -0.25) is 4.99 Å². The zero-order chi connectivity index (χ0) is 11.6. The van der Waals surface area contributed by atoms with Crippen molar-refractivity contribution in [1.82, 2.24) is 0 Å². The van der Waals surface area contributed by atoms with Gasteiger partial charge >= 0.3 is 0 Å². The van der Waals surface area contributed by atoms with Gasteiger partial charge in [0.2, 0.25) is 0 Å². The molecule has 90 valence electrons. The fourth-order valence-corrected chi connectivity index (χ4v) is 4.38. The smallest absolute Gasteiger partial charge is 0.108 e. The minimum absolute atomic E-state index is 0.871. The molecular formula is C12H27NSSi. The van der Waals surface area contributed by atoms with Gasteiger partial charge in [-0.2, -0.15) is 11.2 Å². The summed E-state index contributed by atoms with van der Waals surface area (Å²) in [7, 11) is -0.871. The number of aliphatic imine (C=N–C) groups is 1. The average molecular weight is 246 g/mol. The molecule has 1 nitrogen and oxygen atoms in total. The number of rotatable bonds is 9. The summed E-state index contributed by atoms with van der Waals surface area (Å²) in [4.78, 5) is 4.42. The molecule has 0 rings (SSSR count). The number of nitrogens with zero attached hydrogens (tertiary/aromatic N) is 1. The normalized spacial score (nSPS) is 12.5. The predicted molar refractivity (Wildman–Crippen MR) is 77.9 cm³/mol. The summed E-state index contributed by atoms with van der Waals surface area (Å²) < 4.78 is 0. The van der Waals surface area contributed by atoms with Crippen LogP contribution in [0.3, 0.4) is 0 Å². The van der Waals surface area contributed by atoms with Crippen LogP contribution in [0.1, 0.15) is 39.0 Å². The van der Waals surface area contributed by atoms with Gasteiger partial charge in [0.05, 0.1) is 0 Å². The van der Waals surface area contributed by atoms with Gasteiger partial charge in [-0.25, -0.2) is 0 Å². The molecule has 0 aliphatic heterocycles. The molecule has 0 aromatic heterocycles. The second-order valence-electron chi connectivity index (χ2n) is 4.90. The zero-order valence-electron chi connectivity index (χ0n) is 10.9. The highest BCUT2D eigenvalue weighted by Crippen LogP contribution is 2.20. The highest BCUT2D eigenvalue weighted by molar-refractivity contribution is 8.28. The summed E-state index contributed by atoms with van der Waals surface area (Å²) in [6.45, 7) is 10.5. The molecule has 15 heavy (non-hydrogen) atoms. The van der Waals surface area contributed by atoms with Crippen molar-refractivity contribution in [3.05, 3.63) is 0 Å². The highest BCUT2D eigenvalue weighted by Gasteiger charge is 2.11. The lowest BCUT2D eigenvalue weighted by Gasteiger charge is -2.13. The predicted octanol–water partition coefficient (Wildman–Crippen LogP) is 4.60. The molecule has 0 atom stereocenters. The van der Waals surface area contributed by atoms with Crippen molar-refractivity contribution in [2.24, 2.45) is 4.99 Å². The van der Waals surface area contributed by atoms with Gasteiger partial charge in [0.25, 0.3) is 0 Å². The first-order valence-corrected chi connectivity index (χ1v) is 11.4. The maximum absolute atomic E-state index is 4.42. The largest absolute Gasteiger partial charge is 0.298 e. The van der Waals surface area contributed by atoms with Crippen molar-refractivity contribution >= 4 is 24.6 Å². The standard InChI is InChI=1S/C12H27NSSi/c1-5-6-7-10-13-11-8-9-12-14-15(2,3)4/h11H,5-10,12H2,1-4H3/b13-11-. The van der Waals surface area contributed by atoms with E-state index in [1.165, 1.54) is 37.9 Å². The summed E-state index contributed by atoms with van der Waals surface area (Å²) in [5.41, 5.74) is 0. The molecule has 0 spiro atoms. The molecule has 0 saturated heterocycles. The Morgan fingerprint density at radius 1 is 1.13 bits per heavy atom. The van der Waals surface area contributed by atoms with E-state index in [4.69, 9.17) is 0 Å². The van der Waals surface area contributed by atoms with Crippen molar-refractivity contribution in [2.75, 3.05) is 12.3 Å². The first kappa shape index (κ1) is 15.2. The van der Waals surface area contributed by atoms with Gasteiger partial charge in [-0.1, -0.05) is 39.4 Å². The maximum atomic E-state index is 4.42. The molecule has 0 radical (unpaired) electrons. The summed E-state index contributed by atoms with van der Waals surface area (Å²) >= 11 is 2.18. The number of hydrogen-bond acceptors (Lipinski definition) is 2. The van der Waals surface area contributed by atoms with E-state index in [1.807, 2.05) is 0 Å². The van der Waals surface area contributed by atoms with E-state index in [-0.39, 0.29) is 0 Å². The molecule has 0 amide bonds. The molecular weight excluding hydrogens is 218 g/mol. The van der Waals surface area contributed by atoms with Crippen LogP contribution in [0.4, 0.5) is 0 Å². The number of unbranched alkanes of at least 4 members (excludes halogenated alkanes) is 3. The van der Waals surface area contributed by atoms with Gasteiger partial charge in [0.15, 0.2) is 0 Å². The Hall–Kier alpha value is 0.237. The van der Waals surface area contributed by atoms with Crippen LogP contribution >= 0.6 is 11.2 Å². The monoisotopic (exact) mass is 245 g/mol. The van der Waals surface area contributed by atoms with Gasteiger partial charge in [0.1, 0.15) is 7.22 Å². The van der Waals surface area contributed by atoms with Gasteiger partial charge in [0, 0.05) is 6.54 Å². The molecule has 0 aromatic rings. The van der Waals surface area contributed by atoms with Crippen molar-refractivity contribution in [3.63, 3.8) is 0 Å². The average Bonchev–Trinajstić information content (AvgIpc) is 2.14. The SMILES string of the molecule is CCCCC/N=C\CCCS[Si](C)(C)C. The van der Waals surface area contributed by atoms with Crippen LogP contribution in [-0.2, 0) is 0 Å². The van der Waals surface area contributed by atoms with Crippen LogP contribution in [0.2, 0.25) is 19.6 Å². The quantitative estimate of drug-likeness (QED) is 0.329. The molecule has 0 aliphatic carbocycles. The molecule has 0 aliphatic rings. The Kier molecular flexibility index (Phi) is 9.61. The van der Waals surface area contributed by atoms with E-state index in [1.54, 1.807) is 0 Å². The van der Waals surface area contributed by atoms with Crippen LogP contribution in [0, 0.1) is 0 Å². The Labute approximate surface area is 101 Å². The Morgan fingerprint density at radius 3 is 2.47 bits per heavy atom. The minimum Gasteiger partial charge on any atom is -0.298 e. The third kappa shape index (κ3) is 14.2. The molecule has 0 fully saturated rings. The van der Waals surface area contributed by atoms with Crippen molar-refractivity contribution in [3.8, 4) is 0 Å². The summed E-state index contributed by atoms with van der Waals surface area (Å²) in [6, 6.07) is 0. The molecule has 0 bridgehead atoms. The lowest BCUT2D eigenvalue weighted by Crippen LogP contribution is -2.14. The molecule has 3 heteroatoms. The van der Waals surface area contributed by atoms with Crippen molar-refractivity contribution < 1.29 is 0 Å². The van der Waals surface area contributed by atoms with E-state index in [0.717, 1.165) is 6.54 Å². The van der Waals surface area contributed by atoms with Crippen LogP contribution in [-0.4, -0.2) is 25.7 Å². The van der Waals surface area contributed by atoms with E-state index >= 15 is 0 Å². The maximum Gasteiger partial charge on any atom is 0.108 e. The summed E-state index contributed by atoms with van der Waals surface area (Å²) in [6.07, 6.45) is 8.47. The van der Waals surface area contributed by atoms with Crippen LogP contribution in [0.15, 0.2) is 4.99 Å². The number of hydrogen-bond donors (Lipinski definition) is 0. The Balaban J connectivity index is 3.17. The Morgan fingerprint density at radius 2 is 1.87 bits per heavy atom. The second-order valence-corrected chi connectivity index (χ2v) is 14.4. The van der Waals surface area contributed by atoms with Crippen molar-refractivity contribution in [1.29, 1.82) is 0 Å². The third-order valence-electron chi connectivity index (χ3n) is 2.03. The van der Waals surface area contributed by atoms with Gasteiger partial charge in [-0.05, 0) is 31.2 Å². The fraction of sp³-hybridized carbons (Fsp3) is 0.917. The van der Waals surface area contributed by atoms with Crippen LogP contribution in [0.25, 0.3) is 0 Å². The molecule has 0 N–H and O–H groups in total. The molecule has 0 aromatic carbocycles. The van der Waals surface area contributed by atoms with E-state index in [0.29, 0.717) is 0 Å². The van der Waals surface area contributed by atoms with E-state index < -0.39 is 7.22 Å². The van der Waals surface area contributed by atoms with Crippen LogP contribution < -0.4 is 0 Å². The minimum atomic E-state index is -0.871. The first-order valence-electron chi connectivity index (χ1n) is 6.18. The van der Waals surface area contributed by atoms with Crippen LogP contribution in [0.5, 0.6) is 0 Å². The highest BCUT2D eigenvalue weighted by atomic mass is 32.4. The van der Waals surface area contributed by atoms with Gasteiger partial charge in [-0.15, -0.1) is 0 Å². The topological polar surface area (TPSA) is 12.4 Å².